The fourth-order valence-electron chi connectivity index (χ4n) is 2.23. The van der Waals surface area contributed by atoms with Crippen LogP contribution < -0.4 is 4.72 Å². The number of hydrogen-bond acceptors (Lipinski definition) is 3. The molecule has 1 aliphatic carbocycles. The van der Waals surface area contributed by atoms with Crippen molar-refractivity contribution in [3.05, 3.63) is 29.8 Å². The van der Waals surface area contributed by atoms with Gasteiger partial charge in [-0.15, -0.1) is 0 Å². The zero-order valence-corrected chi connectivity index (χ0v) is 12.0. The fraction of sp³-hybridized carbons (Fsp3) is 0.500. The van der Waals surface area contributed by atoms with E-state index in [2.05, 4.69) is 18.6 Å². The highest BCUT2D eigenvalue weighted by molar-refractivity contribution is 7.89. The maximum absolute atomic E-state index is 12.2. The average molecular weight is 278 g/mol. The van der Waals surface area contributed by atoms with Gasteiger partial charge < -0.3 is 0 Å². The molecule has 1 N–H and O–H groups in total. The van der Waals surface area contributed by atoms with Crippen LogP contribution in [0.5, 0.6) is 0 Å². The molecule has 0 saturated heterocycles. The third kappa shape index (κ3) is 2.80. The van der Waals surface area contributed by atoms with Gasteiger partial charge in [-0.1, -0.05) is 26.0 Å². The predicted octanol–water partition coefficient (Wildman–Crippen LogP) is 2.27. The van der Waals surface area contributed by atoms with E-state index in [9.17, 15) is 8.42 Å². The van der Waals surface area contributed by atoms with Crippen molar-refractivity contribution in [1.29, 1.82) is 5.26 Å². The predicted molar refractivity (Wildman–Crippen MR) is 72.9 cm³/mol. The molecule has 1 aliphatic rings. The molecule has 0 unspecified atom stereocenters. The fourth-order valence-corrected chi connectivity index (χ4v) is 3.52. The van der Waals surface area contributed by atoms with Crippen molar-refractivity contribution < 1.29 is 8.42 Å². The summed E-state index contributed by atoms with van der Waals surface area (Å²) in [7, 11) is -3.60. The van der Waals surface area contributed by atoms with E-state index in [0.29, 0.717) is 12.5 Å². The van der Waals surface area contributed by atoms with Crippen molar-refractivity contribution in [1.82, 2.24) is 4.72 Å². The molecule has 2 rings (SSSR count). The molecule has 0 aromatic heterocycles. The van der Waals surface area contributed by atoms with E-state index >= 15 is 0 Å². The van der Waals surface area contributed by atoms with Crippen molar-refractivity contribution in [2.45, 2.75) is 31.6 Å². The van der Waals surface area contributed by atoms with Gasteiger partial charge in [-0.25, -0.2) is 13.1 Å². The van der Waals surface area contributed by atoms with E-state index in [0.717, 1.165) is 12.8 Å². The summed E-state index contributed by atoms with van der Waals surface area (Å²) in [5, 5.41) is 8.97. The number of nitriles is 1. The lowest BCUT2D eigenvalue weighted by Crippen LogP contribution is -2.33. The summed E-state index contributed by atoms with van der Waals surface area (Å²) in [5.74, 6) is 0.460. The molecule has 4 nitrogen and oxygen atoms in total. The van der Waals surface area contributed by atoms with Gasteiger partial charge in [0, 0.05) is 6.54 Å². The molecule has 0 spiro atoms. The third-order valence-corrected chi connectivity index (χ3v) is 5.49. The molecule has 1 aromatic carbocycles. The van der Waals surface area contributed by atoms with Crippen LogP contribution in [0, 0.1) is 22.7 Å². The maximum atomic E-state index is 12.2. The molecule has 1 fully saturated rings. The summed E-state index contributed by atoms with van der Waals surface area (Å²) in [4.78, 5) is 0.0667. The first-order chi connectivity index (χ1) is 8.91. The second-order valence-electron chi connectivity index (χ2n) is 5.45. The summed E-state index contributed by atoms with van der Waals surface area (Å²) in [5.41, 5.74) is 0.290. The van der Waals surface area contributed by atoms with Gasteiger partial charge in [-0.3, -0.25) is 0 Å². The smallest absolute Gasteiger partial charge is 0.211 e. The molecule has 0 atom stereocenters. The van der Waals surface area contributed by atoms with E-state index in [1.807, 2.05) is 6.07 Å². The van der Waals surface area contributed by atoms with Gasteiger partial charge in [0.25, 0.3) is 0 Å². The molecular formula is C14H18N2O2S. The zero-order valence-electron chi connectivity index (χ0n) is 11.2. The molecule has 19 heavy (non-hydrogen) atoms. The van der Waals surface area contributed by atoms with Crippen LogP contribution in [0.4, 0.5) is 0 Å². The van der Waals surface area contributed by atoms with Crippen LogP contribution in [0.25, 0.3) is 0 Å². The SMILES string of the molecule is CC(C)C1(CNS(=O)(=O)c2ccccc2C#N)CC1. The van der Waals surface area contributed by atoms with Gasteiger partial charge in [0.05, 0.1) is 10.5 Å². The Morgan fingerprint density at radius 3 is 2.53 bits per heavy atom. The topological polar surface area (TPSA) is 70.0 Å². The number of rotatable bonds is 5. The number of nitrogens with zero attached hydrogens (tertiary/aromatic N) is 1. The van der Waals surface area contributed by atoms with Crippen molar-refractivity contribution in [3.63, 3.8) is 0 Å². The van der Waals surface area contributed by atoms with Crippen molar-refractivity contribution in [2.75, 3.05) is 6.54 Å². The van der Waals surface area contributed by atoms with E-state index in [-0.39, 0.29) is 15.9 Å². The molecule has 1 aromatic rings. The normalized spacial score (nSPS) is 17.2. The first kappa shape index (κ1) is 14.0. The molecule has 1 saturated carbocycles. The monoisotopic (exact) mass is 278 g/mol. The van der Waals surface area contributed by atoms with Gasteiger partial charge in [-0.2, -0.15) is 5.26 Å². The van der Waals surface area contributed by atoms with Crippen LogP contribution in [0.2, 0.25) is 0 Å². The number of hydrogen-bond donors (Lipinski definition) is 1. The van der Waals surface area contributed by atoms with Gasteiger partial charge in [0.1, 0.15) is 6.07 Å². The quantitative estimate of drug-likeness (QED) is 0.898. The summed E-state index contributed by atoms with van der Waals surface area (Å²) >= 11 is 0. The molecule has 0 heterocycles. The van der Waals surface area contributed by atoms with Gasteiger partial charge in [0.2, 0.25) is 10.0 Å². The van der Waals surface area contributed by atoms with E-state index in [1.54, 1.807) is 12.1 Å². The Labute approximate surface area is 114 Å². The van der Waals surface area contributed by atoms with Gasteiger partial charge in [0.15, 0.2) is 0 Å². The highest BCUT2D eigenvalue weighted by Crippen LogP contribution is 2.51. The zero-order chi connectivity index (χ0) is 14.1. The molecular weight excluding hydrogens is 260 g/mol. The highest BCUT2D eigenvalue weighted by atomic mass is 32.2. The Kier molecular flexibility index (Phi) is 3.66. The van der Waals surface area contributed by atoms with Crippen molar-refractivity contribution in [3.8, 4) is 6.07 Å². The standard InChI is InChI=1S/C14H18N2O2S/c1-11(2)14(7-8-14)10-16-19(17,18)13-6-4-3-5-12(13)9-15/h3-6,11,16H,7-8,10H2,1-2H3. The first-order valence-corrected chi connectivity index (χ1v) is 7.88. The van der Waals surface area contributed by atoms with Crippen LogP contribution >= 0.6 is 0 Å². The van der Waals surface area contributed by atoms with Crippen LogP contribution in [0.15, 0.2) is 29.2 Å². The minimum Gasteiger partial charge on any atom is -0.211 e. The molecule has 0 bridgehead atoms. The Bertz CT molecular complexity index is 611. The van der Waals surface area contributed by atoms with Gasteiger partial charge in [-0.05, 0) is 36.3 Å². The second kappa shape index (κ2) is 4.95. The van der Waals surface area contributed by atoms with Crippen molar-refractivity contribution >= 4 is 10.0 Å². The molecule has 0 radical (unpaired) electrons. The Balaban J connectivity index is 2.18. The van der Waals surface area contributed by atoms with E-state index in [1.165, 1.54) is 12.1 Å². The Hall–Kier alpha value is -1.38. The molecule has 102 valence electrons. The highest BCUT2D eigenvalue weighted by Gasteiger charge is 2.45. The lowest BCUT2D eigenvalue weighted by Gasteiger charge is -2.20. The molecule has 0 amide bonds. The third-order valence-electron chi connectivity index (χ3n) is 4.03. The molecule has 5 heteroatoms. The number of nitrogens with one attached hydrogen (secondary N) is 1. The van der Waals surface area contributed by atoms with Crippen molar-refractivity contribution in [2.24, 2.45) is 11.3 Å². The summed E-state index contributed by atoms with van der Waals surface area (Å²) < 4.78 is 27.1. The summed E-state index contributed by atoms with van der Waals surface area (Å²) in [6, 6.07) is 8.19. The molecule has 0 aliphatic heterocycles. The number of benzene rings is 1. The minimum absolute atomic E-state index is 0.0667. The first-order valence-electron chi connectivity index (χ1n) is 6.40. The summed E-state index contributed by atoms with van der Waals surface area (Å²) in [6.45, 7) is 4.68. The van der Waals surface area contributed by atoms with Gasteiger partial charge >= 0.3 is 0 Å². The minimum atomic E-state index is -3.60. The van der Waals surface area contributed by atoms with Crippen LogP contribution in [0.3, 0.4) is 0 Å². The maximum Gasteiger partial charge on any atom is 0.241 e. The van der Waals surface area contributed by atoms with E-state index in [4.69, 9.17) is 5.26 Å². The van der Waals surface area contributed by atoms with Crippen LogP contribution in [-0.4, -0.2) is 15.0 Å². The van der Waals surface area contributed by atoms with Crippen LogP contribution in [-0.2, 0) is 10.0 Å². The van der Waals surface area contributed by atoms with E-state index < -0.39 is 10.0 Å². The summed E-state index contributed by atoms with van der Waals surface area (Å²) in [6.07, 6.45) is 2.13. The lowest BCUT2D eigenvalue weighted by atomic mass is 9.93. The Morgan fingerprint density at radius 2 is 2.00 bits per heavy atom. The largest absolute Gasteiger partial charge is 0.241 e. The number of sulfonamides is 1. The Morgan fingerprint density at radius 1 is 1.37 bits per heavy atom. The average Bonchev–Trinajstić information content (AvgIpc) is 3.18. The lowest BCUT2D eigenvalue weighted by molar-refractivity contribution is 0.357. The van der Waals surface area contributed by atoms with Crippen LogP contribution in [0.1, 0.15) is 32.3 Å². The second-order valence-corrected chi connectivity index (χ2v) is 7.18.